The monoisotopic (exact) mass is 250 g/mol. The minimum Gasteiger partial charge on any atom is -0.391 e. The normalized spacial score (nSPS) is 13.7. The van der Waals surface area contributed by atoms with E-state index >= 15 is 0 Å². The molecule has 0 aliphatic rings. The third-order valence-electron chi connectivity index (χ3n) is 2.59. The van der Waals surface area contributed by atoms with Crippen molar-refractivity contribution in [1.82, 2.24) is 5.32 Å². The Balaban J connectivity index is 2.44. The molecule has 5 nitrogen and oxygen atoms in total. The van der Waals surface area contributed by atoms with E-state index in [9.17, 15) is 14.7 Å². The highest BCUT2D eigenvalue weighted by molar-refractivity contribution is 5.87. The topological polar surface area (TPSA) is 92.4 Å². The third kappa shape index (κ3) is 4.55. The molecule has 98 valence electrons. The van der Waals surface area contributed by atoms with Crippen LogP contribution in [0.2, 0.25) is 0 Å². The lowest BCUT2D eigenvalue weighted by Crippen LogP contribution is -2.50. The highest BCUT2D eigenvalue weighted by Gasteiger charge is 2.22. The average Bonchev–Trinajstić information content (AvgIpc) is 2.34. The number of benzene rings is 1. The number of carbonyl (C=O) groups excluding carboxylic acids is 2. The minimum absolute atomic E-state index is 0.251. The van der Waals surface area contributed by atoms with Gasteiger partial charge < -0.3 is 16.2 Å². The smallest absolute Gasteiger partial charge is 0.242 e. The van der Waals surface area contributed by atoms with E-state index in [1.54, 1.807) is 0 Å². The van der Waals surface area contributed by atoms with E-state index in [4.69, 9.17) is 5.73 Å². The summed E-state index contributed by atoms with van der Waals surface area (Å²) < 4.78 is 0. The second-order valence-electron chi connectivity index (χ2n) is 4.17. The van der Waals surface area contributed by atoms with Crippen LogP contribution in [-0.2, 0) is 16.0 Å². The highest BCUT2D eigenvalue weighted by Crippen LogP contribution is 2.02. The maximum absolute atomic E-state index is 11.6. The Morgan fingerprint density at radius 3 is 2.44 bits per heavy atom. The molecule has 0 spiro atoms. The van der Waals surface area contributed by atoms with E-state index in [-0.39, 0.29) is 12.3 Å². The van der Waals surface area contributed by atoms with Crippen LogP contribution in [0.25, 0.3) is 0 Å². The maximum Gasteiger partial charge on any atom is 0.242 e. The van der Waals surface area contributed by atoms with Crippen LogP contribution in [0.4, 0.5) is 0 Å². The third-order valence-corrected chi connectivity index (χ3v) is 2.59. The van der Waals surface area contributed by atoms with E-state index in [2.05, 4.69) is 5.32 Å². The molecule has 0 saturated carbocycles. The molecular weight excluding hydrogens is 232 g/mol. The van der Waals surface area contributed by atoms with Gasteiger partial charge in [-0.15, -0.1) is 0 Å². The molecule has 4 N–H and O–H groups in total. The zero-order valence-electron chi connectivity index (χ0n) is 10.3. The van der Waals surface area contributed by atoms with Gasteiger partial charge in [0.25, 0.3) is 0 Å². The van der Waals surface area contributed by atoms with Gasteiger partial charge in [0.05, 0.1) is 6.10 Å². The second kappa shape index (κ2) is 6.76. The molecule has 2 amide bonds. The largest absolute Gasteiger partial charge is 0.391 e. The first-order chi connectivity index (χ1) is 8.50. The van der Waals surface area contributed by atoms with Crippen molar-refractivity contribution in [3.05, 3.63) is 35.9 Å². The van der Waals surface area contributed by atoms with Crippen LogP contribution in [0.1, 0.15) is 18.9 Å². The number of hydrogen-bond acceptors (Lipinski definition) is 3. The van der Waals surface area contributed by atoms with Gasteiger partial charge in [0, 0.05) is 6.42 Å². The number of nitrogens with two attached hydrogens (primary N) is 1. The standard InChI is InChI=1S/C13H18N2O3/c1-9(16)12(13(14)18)15-11(17)8-7-10-5-3-2-4-6-10/h2-6,9,12,16H,7-8H2,1H3,(H2,14,18)(H,15,17)/t9?,12-/m1/s1. The molecule has 18 heavy (non-hydrogen) atoms. The fraction of sp³-hybridized carbons (Fsp3) is 0.385. The van der Waals surface area contributed by atoms with Gasteiger partial charge in [0.1, 0.15) is 6.04 Å². The average molecular weight is 250 g/mol. The lowest BCUT2D eigenvalue weighted by molar-refractivity contribution is -0.129. The molecule has 0 bridgehead atoms. The van der Waals surface area contributed by atoms with Gasteiger partial charge in [0.2, 0.25) is 11.8 Å². The van der Waals surface area contributed by atoms with Crippen LogP contribution in [0.3, 0.4) is 0 Å². The Bertz CT molecular complexity index is 404. The molecule has 0 saturated heterocycles. The molecule has 1 aromatic carbocycles. The molecule has 0 aliphatic heterocycles. The number of amides is 2. The lowest BCUT2D eigenvalue weighted by Gasteiger charge is -2.17. The van der Waals surface area contributed by atoms with Crippen molar-refractivity contribution in [1.29, 1.82) is 0 Å². The first-order valence-electron chi connectivity index (χ1n) is 5.81. The van der Waals surface area contributed by atoms with E-state index in [0.717, 1.165) is 5.56 Å². The summed E-state index contributed by atoms with van der Waals surface area (Å²) >= 11 is 0. The molecule has 0 heterocycles. The van der Waals surface area contributed by atoms with Gasteiger partial charge in [-0.05, 0) is 18.9 Å². The highest BCUT2D eigenvalue weighted by atomic mass is 16.3. The summed E-state index contributed by atoms with van der Waals surface area (Å²) in [6.45, 7) is 1.41. The van der Waals surface area contributed by atoms with E-state index in [1.807, 2.05) is 30.3 Å². The number of nitrogens with one attached hydrogen (secondary N) is 1. The predicted molar refractivity (Wildman–Crippen MR) is 67.6 cm³/mol. The second-order valence-corrected chi connectivity index (χ2v) is 4.17. The quantitative estimate of drug-likeness (QED) is 0.662. The Kier molecular flexibility index (Phi) is 5.32. The summed E-state index contributed by atoms with van der Waals surface area (Å²) in [6.07, 6.45) is -0.165. The zero-order chi connectivity index (χ0) is 13.5. The molecule has 0 aromatic heterocycles. The van der Waals surface area contributed by atoms with Gasteiger partial charge in [-0.3, -0.25) is 9.59 Å². The molecule has 0 radical (unpaired) electrons. The summed E-state index contributed by atoms with van der Waals surface area (Å²) in [5.74, 6) is -1.04. The Labute approximate surface area is 106 Å². The van der Waals surface area contributed by atoms with Crippen molar-refractivity contribution in [3.8, 4) is 0 Å². The summed E-state index contributed by atoms with van der Waals surface area (Å²) in [4.78, 5) is 22.6. The van der Waals surface area contributed by atoms with Crippen LogP contribution < -0.4 is 11.1 Å². The summed E-state index contributed by atoms with van der Waals surface area (Å²) in [6, 6.07) is 8.51. The van der Waals surface area contributed by atoms with Crippen LogP contribution in [0.5, 0.6) is 0 Å². The van der Waals surface area contributed by atoms with E-state index < -0.39 is 18.1 Å². The predicted octanol–water partition coefficient (Wildman–Crippen LogP) is -0.0299. The number of aliphatic hydroxyl groups excluding tert-OH is 1. The van der Waals surface area contributed by atoms with Gasteiger partial charge in [0.15, 0.2) is 0 Å². The Morgan fingerprint density at radius 2 is 1.94 bits per heavy atom. The number of aliphatic hydroxyl groups is 1. The number of aryl methyl sites for hydroxylation is 1. The Morgan fingerprint density at radius 1 is 1.33 bits per heavy atom. The van der Waals surface area contributed by atoms with Crippen LogP contribution in [-0.4, -0.2) is 29.1 Å². The van der Waals surface area contributed by atoms with Gasteiger partial charge in [-0.1, -0.05) is 30.3 Å². The molecule has 0 aliphatic carbocycles. The van der Waals surface area contributed by atoms with Crippen LogP contribution in [0, 0.1) is 0 Å². The van der Waals surface area contributed by atoms with Gasteiger partial charge in [-0.25, -0.2) is 0 Å². The molecule has 5 heteroatoms. The van der Waals surface area contributed by atoms with Crippen molar-refractivity contribution in [2.75, 3.05) is 0 Å². The minimum atomic E-state index is -1.03. The fourth-order valence-electron chi connectivity index (χ4n) is 1.58. The number of carbonyl (C=O) groups is 2. The molecule has 2 atom stereocenters. The Hall–Kier alpha value is -1.88. The molecule has 1 rings (SSSR count). The van der Waals surface area contributed by atoms with Crippen molar-refractivity contribution < 1.29 is 14.7 Å². The van der Waals surface area contributed by atoms with Crippen LogP contribution in [0.15, 0.2) is 30.3 Å². The fourth-order valence-corrected chi connectivity index (χ4v) is 1.58. The van der Waals surface area contributed by atoms with Gasteiger partial charge in [-0.2, -0.15) is 0 Å². The van der Waals surface area contributed by atoms with Crippen molar-refractivity contribution >= 4 is 11.8 Å². The molecule has 0 fully saturated rings. The van der Waals surface area contributed by atoms with Crippen molar-refractivity contribution in [2.24, 2.45) is 5.73 Å². The van der Waals surface area contributed by atoms with Crippen molar-refractivity contribution in [3.63, 3.8) is 0 Å². The summed E-state index contributed by atoms with van der Waals surface area (Å²) in [5.41, 5.74) is 6.12. The number of rotatable bonds is 6. The SMILES string of the molecule is CC(O)[C@@H](NC(=O)CCc1ccccc1)C(N)=O. The molecule has 1 aromatic rings. The number of primary amides is 1. The number of hydrogen-bond donors (Lipinski definition) is 3. The van der Waals surface area contributed by atoms with E-state index in [0.29, 0.717) is 6.42 Å². The summed E-state index contributed by atoms with van der Waals surface area (Å²) in [7, 11) is 0. The first-order valence-corrected chi connectivity index (χ1v) is 5.81. The van der Waals surface area contributed by atoms with E-state index in [1.165, 1.54) is 6.92 Å². The maximum atomic E-state index is 11.6. The summed E-state index contributed by atoms with van der Waals surface area (Å²) in [5, 5.41) is 11.7. The molecular formula is C13H18N2O3. The zero-order valence-corrected chi connectivity index (χ0v) is 10.3. The van der Waals surface area contributed by atoms with Crippen molar-refractivity contribution in [2.45, 2.75) is 31.9 Å². The lowest BCUT2D eigenvalue weighted by atomic mass is 10.1. The first kappa shape index (κ1) is 14.2. The molecule has 1 unspecified atom stereocenters. The van der Waals surface area contributed by atoms with Gasteiger partial charge >= 0.3 is 0 Å². The van der Waals surface area contributed by atoms with Crippen LogP contribution >= 0.6 is 0 Å².